The summed E-state index contributed by atoms with van der Waals surface area (Å²) < 4.78 is 14.8. The molecule has 32 heavy (non-hydrogen) atoms. The molecule has 2 N–H and O–H groups in total. The molecule has 1 fully saturated rings. The van der Waals surface area contributed by atoms with Gasteiger partial charge in [0.25, 0.3) is 5.91 Å². The van der Waals surface area contributed by atoms with Gasteiger partial charge in [-0.05, 0) is 68.5 Å². The predicted octanol–water partition coefficient (Wildman–Crippen LogP) is 4.46. The number of benzene rings is 2. The number of nitrogens with one attached hydrogen (secondary N) is 2. The highest BCUT2D eigenvalue weighted by Crippen LogP contribution is 2.43. The molecule has 1 amide bonds. The number of aromatic nitrogens is 3. The topological polar surface area (TPSA) is 92.3 Å². The summed E-state index contributed by atoms with van der Waals surface area (Å²) in [4.78, 5) is 22.9. The Bertz CT molecular complexity index is 1200. The number of aromatic amines is 1. The standard InChI is InChI=1S/C24H24FN5O2/c1-14-4-5-19(20(25)8-14)16-9-17(21-12-24(32-30-21)6-3-7-24)11-18(10-16)23(31)28-15(2)22-26-13-27-29-22/h4-5,8-11,13,15H,3,6-7,12H2,1-2H3,(H,28,31)(H,26,27,29)/t15-/m1/s1. The molecule has 1 aliphatic carbocycles. The lowest BCUT2D eigenvalue weighted by atomic mass is 9.76. The van der Waals surface area contributed by atoms with Crippen LogP contribution in [0.5, 0.6) is 0 Å². The minimum Gasteiger partial charge on any atom is -0.389 e. The average molecular weight is 433 g/mol. The molecule has 0 saturated heterocycles. The molecule has 0 bridgehead atoms. The van der Waals surface area contributed by atoms with E-state index in [0.29, 0.717) is 28.9 Å². The fraction of sp³-hybridized carbons (Fsp3) is 0.333. The number of hydrogen-bond donors (Lipinski definition) is 2. The van der Waals surface area contributed by atoms with Gasteiger partial charge < -0.3 is 10.2 Å². The first kappa shape index (κ1) is 20.4. The van der Waals surface area contributed by atoms with Gasteiger partial charge in [0.05, 0.1) is 11.8 Å². The third-order valence-electron chi connectivity index (χ3n) is 6.26. The maximum Gasteiger partial charge on any atom is 0.251 e. The largest absolute Gasteiger partial charge is 0.389 e. The van der Waals surface area contributed by atoms with Crippen molar-refractivity contribution in [2.24, 2.45) is 5.16 Å². The molecule has 1 aromatic heterocycles. The van der Waals surface area contributed by atoms with E-state index >= 15 is 0 Å². The van der Waals surface area contributed by atoms with Crippen LogP contribution in [-0.2, 0) is 4.84 Å². The number of rotatable bonds is 5. The normalized spacial score (nSPS) is 17.4. The van der Waals surface area contributed by atoms with Crippen LogP contribution in [0.15, 0.2) is 47.9 Å². The molecule has 0 radical (unpaired) electrons. The van der Waals surface area contributed by atoms with Gasteiger partial charge in [0.1, 0.15) is 23.6 Å². The maximum atomic E-state index is 14.8. The summed E-state index contributed by atoms with van der Waals surface area (Å²) in [5.41, 5.74) is 3.66. The average Bonchev–Trinajstić information content (AvgIpc) is 3.43. The van der Waals surface area contributed by atoms with Crippen molar-refractivity contribution in [3.05, 3.63) is 71.1 Å². The Hall–Kier alpha value is -3.55. The fourth-order valence-corrected chi connectivity index (χ4v) is 4.22. The van der Waals surface area contributed by atoms with Gasteiger partial charge >= 0.3 is 0 Å². The number of hydrogen-bond acceptors (Lipinski definition) is 5. The van der Waals surface area contributed by atoms with Gasteiger partial charge in [-0.15, -0.1) is 0 Å². The Kier molecular flexibility index (Phi) is 5.00. The van der Waals surface area contributed by atoms with E-state index in [-0.39, 0.29) is 23.4 Å². The lowest BCUT2D eigenvalue weighted by Crippen LogP contribution is -2.36. The zero-order chi connectivity index (χ0) is 22.3. The van der Waals surface area contributed by atoms with Crippen LogP contribution in [0.3, 0.4) is 0 Å². The van der Waals surface area contributed by atoms with Crippen molar-refractivity contribution >= 4 is 11.6 Å². The van der Waals surface area contributed by atoms with E-state index in [1.165, 1.54) is 12.4 Å². The number of carbonyl (C=O) groups excluding carboxylic acids is 1. The van der Waals surface area contributed by atoms with Crippen LogP contribution in [0.25, 0.3) is 11.1 Å². The minimum absolute atomic E-state index is 0.205. The summed E-state index contributed by atoms with van der Waals surface area (Å²) in [6.07, 6.45) is 5.18. The molecule has 2 aromatic carbocycles. The lowest BCUT2D eigenvalue weighted by molar-refractivity contribution is -0.0755. The highest BCUT2D eigenvalue weighted by Gasteiger charge is 2.45. The maximum absolute atomic E-state index is 14.8. The Morgan fingerprint density at radius 3 is 2.69 bits per heavy atom. The van der Waals surface area contributed by atoms with E-state index in [1.807, 2.05) is 26.0 Å². The van der Waals surface area contributed by atoms with Gasteiger partial charge in [0, 0.05) is 23.1 Å². The molecule has 1 atom stereocenters. The van der Waals surface area contributed by atoms with Gasteiger partial charge in [-0.1, -0.05) is 17.3 Å². The van der Waals surface area contributed by atoms with Crippen molar-refractivity contribution in [3.63, 3.8) is 0 Å². The first-order valence-corrected chi connectivity index (χ1v) is 10.8. The predicted molar refractivity (Wildman–Crippen MR) is 118 cm³/mol. The molecule has 164 valence electrons. The third-order valence-corrected chi connectivity index (χ3v) is 6.26. The summed E-state index contributed by atoms with van der Waals surface area (Å²) in [5.74, 6) is -0.0641. The molecule has 1 aliphatic heterocycles. The first-order valence-electron chi connectivity index (χ1n) is 10.8. The second-order valence-electron chi connectivity index (χ2n) is 8.69. The number of aryl methyl sites for hydroxylation is 1. The molecule has 7 nitrogen and oxygen atoms in total. The molecule has 2 heterocycles. The van der Waals surface area contributed by atoms with Gasteiger partial charge in [-0.3, -0.25) is 9.89 Å². The molecular formula is C24H24FN5O2. The van der Waals surface area contributed by atoms with E-state index in [0.717, 1.165) is 36.1 Å². The number of oxime groups is 1. The molecule has 1 spiro atoms. The van der Waals surface area contributed by atoms with Crippen molar-refractivity contribution in [2.45, 2.75) is 51.2 Å². The van der Waals surface area contributed by atoms with Gasteiger partial charge in [0.2, 0.25) is 0 Å². The Balaban J connectivity index is 1.51. The van der Waals surface area contributed by atoms with Gasteiger partial charge in [-0.25, -0.2) is 9.37 Å². The van der Waals surface area contributed by atoms with Crippen LogP contribution in [0.1, 0.15) is 66.0 Å². The van der Waals surface area contributed by atoms with E-state index < -0.39 is 0 Å². The van der Waals surface area contributed by atoms with Crippen LogP contribution in [0.2, 0.25) is 0 Å². The van der Waals surface area contributed by atoms with Crippen LogP contribution >= 0.6 is 0 Å². The monoisotopic (exact) mass is 433 g/mol. The summed E-state index contributed by atoms with van der Waals surface area (Å²) in [6.45, 7) is 3.66. The zero-order valence-electron chi connectivity index (χ0n) is 18.0. The molecule has 2 aliphatic rings. The van der Waals surface area contributed by atoms with E-state index in [1.54, 1.807) is 18.2 Å². The van der Waals surface area contributed by atoms with Crippen LogP contribution < -0.4 is 5.32 Å². The number of amides is 1. The third kappa shape index (κ3) is 3.77. The van der Waals surface area contributed by atoms with Crippen molar-refractivity contribution in [1.82, 2.24) is 20.5 Å². The Labute approximate surface area is 185 Å². The van der Waals surface area contributed by atoms with Crippen molar-refractivity contribution in [3.8, 4) is 11.1 Å². The van der Waals surface area contributed by atoms with Crippen LogP contribution in [-0.4, -0.2) is 32.4 Å². The number of H-pyrrole nitrogens is 1. The van der Waals surface area contributed by atoms with Crippen LogP contribution in [0.4, 0.5) is 4.39 Å². The minimum atomic E-state index is -0.362. The summed E-state index contributed by atoms with van der Waals surface area (Å²) >= 11 is 0. The first-order chi connectivity index (χ1) is 15.4. The van der Waals surface area contributed by atoms with E-state index in [9.17, 15) is 9.18 Å². The summed E-state index contributed by atoms with van der Waals surface area (Å²) in [6, 6.07) is 10.1. The summed E-state index contributed by atoms with van der Waals surface area (Å²) in [7, 11) is 0. The van der Waals surface area contributed by atoms with Crippen molar-refractivity contribution in [1.29, 1.82) is 0 Å². The SMILES string of the molecule is Cc1ccc(-c2cc(C(=O)N[C@H](C)c3ncn[nH]3)cc(C3=NOC4(CCC4)C3)c2)c(F)c1. The number of carbonyl (C=O) groups is 1. The molecule has 5 rings (SSSR count). The Morgan fingerprint density at radius 1 is 1.22 bits per heavy atom. The molecule has 3 aromatic rings. The van der Waals surface area contributed by atoms with E-state index in [4.69, 9.17) is 4.84 Å². The second-order valence-corrected chi connectivity index (χ2v) is 8.69. The molecular weight excluding hydrogens is 409 g/mol. The highest BCUT2D eigenvalue weighted by atomic mass is 19.1. The molecule has 0 unspecified atom stereocenters. The fourth-order valence-electron chi connectivity index (χ4n) is 4.22. The smallest absolute Gasteiger partial charge is 0.251 e. The molecule has 8 heteroatoms. The lowest BCUT2D eigenvalue weighted by Gasteiger charge is -2.34. The van der Waals surface area contributed by atoms with Crippen molar-refractivity contribution in [2.75, 3.05) is 0 Å². The Morgan fingerprint density at radius 2 is 2.03 bits per heavy atom. The molecule has 1 saturated carbocycles. The summed E-state index contributed by atoms with van der Waals surface area (Å²) in [5, 5.41) is 13.8. The second kappa shape index (κ2) is 7.85. The van der Waals surface area contributed by atoms with Crippen molar-refractivity contribution < 1.29 is 14.0 Å². The van der Waals surface area contributed by atoms with Crippen LogP contribution in [0, 0.1) is 12.7 Å². The van der Waals surface area contributed by atoms with Gasteiger partial charge in [0.15, 0.2) is 0 Å². The van der Waals surface area contributed by atoms with E-state index in [2.05, 4.69) is 25.7 Å². The van der Waals surface area contributed by atoms with Gasteiger partial charge in [-0.2, -0.15) is 5.10 Å². The quantitative estimate of drug-likeness (QED) is 0.622. The number of halogens is 1. The zero-order valence-corrected chi connectivity index (χ0v) is 18.0. The highest BCUT2D eigenvalue weighted by molar-refractivity contribution is 6.05. The number of nitrogens with zero attached hydrogens (tertiary/aromatic N) is 3.